The highest BCUT2D eigenvalue weighted by Gasteiger charge is 2.18. The van der Waals surface area contributed by atoms with Crippen LogP contribution in [0.1, 0.15) is 34.1 Å². The van der Waals surface area contributed by atoms with Crippen LogP contribution in [0.4, 0.5) is 5.13 Å². The number of amides is 1. The molecule has 1 saturated heterocycles. The Hall–Kier alpha value is -1.66. The van der Waals surface area contributed by atoms with Gasteiger partial charge in [0.15, 0.2) is 5.13 Å². The number of thiazole rings is 1. The van der Waals surface area contributed by atoms with Crippen LogP contribution in [0.3, 0.4) is 0 Å². The van der Waals surface area contributed by atoms with Crippen molar-refractivity contribution in [3.63, 3.8) is 0 Å². The fourth-order valence-electron chi connectivity index (χ4n) is 2.50. The van der Waals surface area contributed by atoms with Gasteiger partial charge in [-0.05, 0) is 44.0 Å². The first-order chi connectivity index (χ1) is 9.74. The van der Waals surface area contributed by atoms with E-state index in [1.54, 1.807) is 22.0 Å². The molecule has 2 N–H and O–H groups in total. The molecule has 2 aromatic rings. The SMILES string of the molecule is Cn1cccc1C(=O)Nc1ncc(C2CCNCC2)s1. The fourth-order valence-corrected chi connectivity index (χ4v) is 3.48. The molecule has 0 spiro atoms. The number of hydrogen-bond acceptors (Lipinski definition) is 4. The number of anilines is 1. The van der Waals surface area contributed by atoms with Crippen molar-refractivity contribution in [2.75, 3.05) is 18.4 Å². The third-order valence-corrected chi connectivity index (χ3v) is 4.74. The van der Waals surface area contributed by atoms with Crippen molar-refractivity contribution < 1.29 is 4.79 Å². The summed E-state index contributed by atoms with van der Waals surface area (Å²) in [6.07, 6.45) is 6.05. The van der Waals surface area contributed by atoms with Crippen LogP contribution in [0.2, 0.25) is 0 Å². The second kappa shape index (κ2) is 5.76. The molecule has 0 radical (unpaired) electrons. The van der Waals surface area contributed by atoms with E-state index >= 15 is 0 Å². The Balaban J connectivity index is 1.68. The van der Waals surface area contributed by atoms with Gasteiger partial charge in [0.2, 0.25) is 0 Å². The zero-order chi connectivity index (χ0) is 13.9. The van der Waals surface area contributed by atoms with Crippen molar-refractivity contribution in [1.29, 1.82) is 0 Å². The Morgan fingerprint density at radius 2 is 2.30 bits per heavy atom. The van der Waals surface area contributed by atoms with Crippen molar-refractivity contribution in [2.45, 2.75) is 18.8 Å². The summed E-state index contributed by atoms with van der Waals surface area (Å²) in [5, 5.41) is 6.92. The Morgan fingerprint density at radius 1 is 1.50 bits per heavy atom. The third-order valence-electron chi connectivity index (χ3n) is 3.66. The summed E-state index contributed by atoms with van der Waals surface area (Å²) in [4.78, 5) is 17.7. The predicted octanol–water partition coefficient (Wildman–Crippen LogP) is 2.20. The molecule has 0 aliphatic carbocycles. The van der Waals surface area contributed by atoms with Crippen molar-refractivity contribution in [3.05, 3.63) is 35.1 Å². The van der Waals surface area contributed by atoms with Gasteiger partial charge in [-0.1, -0.05) is 0 Å². The molecule has 3 rings (SSSR count). The van der Waals surface area contributed by atoms with E-state index in [0.717, 1.165) is 25.9 Å². The minimum atomic E-state index is -0.108. The summed E-state index contributed by atoms with van der Waals surface area (Å²) >= 11 is 1.59. The third kappa shape index (κ3) is 2.76. The lowest BCUT2D eigenvalue weighted by molar-refractivity contribution is 0.101. The molecule has 1 fully saturated rings. The van der Waals surface area contributed by atoms with E-state index in [9.17, 15) is 4.79 Å². The minimum Gasteiger partial charge on any atom is -0.347 e. The standard InChI is InChI=1S/C14H18N4OS/c1-18-8-2-3-11(18)13(19)17-14-16-9-12(20-14)10-4-6-15-7-5-10/h2-3,8-10,15H,4-7H2,1H3,(H,16,17,19). The summed E-state index contributed by atoms with van der Waals surface area (Å²) < 4.78 is 1.80. The maximum absolute atomic E-state index is 12.1. The second-order valence-electron chi connectivity index (χ2n) is 5.05. The molecule has 0 bridgehead atoms. The van der Waals surface area contributed by atoms with Crippen LogP contribution in [-0.4, -0.2) is 28.5 Å². The van der Waals surface area contributed by atoms with E-state index in [1.165, 1.54) is 4.88 Å². The Bertz CT molecular complexity index is 598. The van der Waals surface area contributed by atoms with E-state index in [1.807, 2.05) is 25.5 Å². The summed E-state index contributed by atoms with van der Waals surface area (Å²) in [7, 11) is 1.86. The molecule has 20 heavy (non-hydrogen) atoms. The lowest BCUT2D eigenvalue weighted by atomic mass is 9.97. The van der Waals surface area contributed by atoms with Crippen LogP contribution < -0.4 is 10.6 Å². The van der Waals surface area contributed by atoms with Crippen LogP contribution in [0, 0.1) is 0 Å². The van der Waals surface area contributed by atoms with E-state index in [2.05, 4.69) is 15.6 Å². The molecular formula is C14H18N4OS. The lowest BCUT2D eigenvalue weighted by Crippen LogP contribution is -2.26. The minimum absolute atomic E-state index is 0.108. The highest BCUT2D eigenvalue weighted by atomic mass is 32.1. The van der Waals surface area contributed by atoms with Gasteiger partial charge in [0, 0.05) is 24.3 Å². The molecule has 3 heterocycles. The Morgan fingerprint density at radius 3 is 3.00 bits per heavy atom. The normalized spacial score (nSPS) is 16.2. The zero-order valence-electron chi connectivity index (χ0n) is 11.4. The molecular weight excluding hydrogens is 272 g/mol. The molecule has 0 aromatic carbocycles. The van der Waals surface area contributed by atoms with E-state index in [4.69, 9.17) is 0 Å². The summed E-state index contributed by atoms with van der Waals surface area (Å²) in [6, 6.07) is 3.66. The predicted molar refractivity (Wildman–Crippen MR) is 80.3 cm³/mol. The number of carbonyl (C=O) groups is 1. The molecule has 0 saturated carbocycles. The molecule has 1 aliphatic heterocycles. The molecule has 0 atom stereocenters. The molecule has 1 aliphatic rings. The molecule has 106 valence electrons. The van der Waals surface area contributed by atoms with Crippen LogP contribution in [0.25, 0.3) is 0 Å². The number of hydrogen-bond donors (Lipinski definition) is 2. The maximum atomic E-state index is 12.1. The van der Waals surface area contributed by atoms with Crippen LogP contribution in [-0.2, 0) is 7.05 Å². The van der Waals surface area contributed by atoms with Gasteiger partial charge >= 0.3 is 0 Å². The number of piperidine rings is 1. The first-order valence-corrected chi connectivity index (χ1v) is 7.65. The fraction of sp³-hybridized carbons (Fsp3) is 0.429. The summed E-state index contributed by atoms with van der Waals surface area (Å²) in [5.41, 5.74) is 0.642. The van der Waals surface area contributed by atoms with Gasteiger partial charge in [0.25, 0.3) is 5.91 Å². The van der Waals surface area contributed by atoms with Crippen molar-refractivity contribution in [3.8, 4) is 0 Å². The van der Waals surface area contributed by atoms with Gasteiger partial charge in [0.05, 0.1) is 0 Å². The topological polar surface area (TPSA) is 59.0 Å². The van der Waals surface area contributed by atoms with Gasteiger partial charge in [-0.15, -0.1) is 11.3 Å². The maximum Gasteiger partial charge on any atom is 0.274 e. The van der Waals surface area contributed by atoms with Crippen molar-refractivity contribution >= 4 is 22.4 Å². The van der Waals surface area contributed by atoms with E-state index < -0.39 is 0 Å². The van der Waals surface area contributed by atoms with Gasteiger partial charge < -0.3 is 9.88 Å². The average Bonchev–Trinajstić information content (AvgIpc) is 3.09. The molecule has 2 aromatic heterocycles. The number of rotatable bonds is 3. The summed E-state index contributed by atoms with van der Waals surface area (Å²) in [6.45, 7) is 2.13. The van der Waals surface area contributed by atoms with Gasteiger partial charge in [0.1, 0.15) is 5.69 Å². The summed E-state index contributed by atoms with van der Waals surface area (Å²) in [5.74, 6) is 0.471. The number of aromatic nitrogens is 2. The second-order valence-corrected chi connectivity index (χ2v) is 6.11. The highest BCUT2D eigenvalue weighted by Crippen LogP contribution is 2.31. The first-order valence-electron chi connectivity index (χ1n) is 6.83. The van der Waals surface area contributed by atoms with Gasteiger partial charge in [-0.25, -0.2) is 4.98 Å². The quantitative estimate of drug-likeness (QED) is 0.911. The number of nitrogens with zero attached hydrogens (tertiary/aromatic N) is 2. The molecule has 0 unspecified atom stereocenters. The Labute approximate surface area is 122 Å². The molecule has 6 heteroatoms. The van der Waals surface area contributed by atoms with Crippen molar-refractivity contribution in [1.82, 2.24) is 14.9 Å². The number of carbonyl (C=O) groups excluding carboxylic acids is 1. The zero-order valence-corrected chi connectivity index (χ0v) is 12.2. The van der Waals surface area contributed by atoms with Gasteiger partial charge in [-0.3, -0.25) is 10.1 Å². The highest BCUT2D eigenvalue weighted by molar-refractivity contribution is 7.15. The van der Waals surface area contributed by atoms with E-state index in [0.29, 0.717) is 16.7 Å². The van der Waals surface area contributed by atoms with Crippen LogP contribution >= 0.6 is 11.3 Å². The first kappa shape index (κ1) is 13.3. The number of aryl methyl sites for hydroxylation is 1. The smallest absolute Gasteiger partial charge is 0.274 e. The Kier molecular flexibility index (Phi) is 3.84. The van der Waals surface area contributed by atoms with Crippen LogP contribution in [0.15, 0.2) is 24.5 Å². The largest absolute Gasteiger partial charge is 0.347 e. The number of nitrogens with one attached hydrogen (secondary N) is 2. The van der Waals surface area contributed by atoms with Crippen LogP contribution in [0.5, 0.6) is 0 Å². The van der Waals surface area contributed by atoms with Gasteiger partial charge in [-0.2, -0.15) is 0 Å². The molecule has 5 nitrogen and oxygen atoms in total. The average molecular weight is 290 g/mol. The van der Waals surface area contributed by atoms with Crippen molar-refractivity contribution in [2.24, 2.45) is 7.05 Å². The monoisotopic (exact) mass is 290 g/mol. The molecule has 1 amide bonds. The van der Waals surface area contributed by atoms with E-state index in [-0.39, 0.29) is 5.91 Å². The lowest BCUT2D eigenvalue weighted by Gasteiger charge is -2.20.